The van der Waals surface area contributed by atoms with E-state index in [4.69, 9.17) is 4.74 Å². The number of ether oxygens (including phenoxy) is 1. The van der Waals surface area contributed by atoms with E-state index in [9.17, 15) is 29.4 Å². The Labute approximate surface area is 264 Å². The highest BCUT2D eigenvalue weighted by atomic mass is 16.6. The predicted octanol–water partition coefficient (Wildman–Crippen LogP) is 3.39. The molecule has 0 saturated carbocycles. The minimum Gasteiger partial charge on any atom is -0.481 e. The van der Waals surface area contributed by atoms with Crippen molar-refractivity contribution in [1.29, 1.82) is 0 Å². The van der Waals surface area contributed by atoms with Crippen LogP contribution in [0.2, 0.25) is 0 Å². The number of aliphatic hydroxyl groups excluding tert-OH is 1. The summed E-state index contributed by atoms with van der Waals surface area (Å²) in [7, 11) is 0. The summed E-state index contributed by atoms with van der Waals surface area (Å²) < 4.78 is 5.34. The van der Waals surface area contributed by atoms with Gasteiger partial charge in [0.05, 0.1) is 12.3 Å². The maximum atomic E-state index is 13.7. The number of piperidine rings is 1. The summed E-state index contributed by atoms with van der Waals surface area (Å²) in [5.41, 5.74) is 2.38. The van der Waals surface area contributed by atoms with E-state index < -0.39 is 29.9 Å². The van der Waals surface area contributed by atoms with Gasteiger partial charge in [-0.1, -0.05) is 50.1 Å². The molecule has 12 heteroatoms. The predicted molar refractivity (Wildman–Crippen MR) is 169 cm³/mol. The molecule has 3 amide bonds. The van der Waals surface area contributed by atoms with E-state index in [1.165, 1.54) is 0 Å². The van der Waals surface area contributed by atoms with E-state index in [-0.39, 0.29) is 57.2 Å². The second kappa shape index (κ2) is 16.8. The van der Waals surface area contributed by atoms with Gasteiger partial charge < -0.3 is 35.0 Å². The first kappa shape index (κ1) is 33.7. The van der Waals surface area contributed by atoms with Crippen molar-refractivity contribution in [2.45, 2.75) is 57.9 Å². The quantitative estimate of drug-likeness (QED) is 0.285. The summed E-state index contributed by atoms with van der Waals surface area (Å²) >= 11 is 0. The van der Waals surface area contributed by atoms with Gasteiger partial charge in [0, 0.05) is 63.5 Å². The van der Waals surface area contributed by atoms with Gasteiger partial charge in [-0.15, -0.1) is 0 Å². The summed E-state index contributed by atoms with van der Waals surface area (Å²) in [5.74, 6) is -1.79. The van der Waals surface area contributed by atoms with E-state index in [0.717, 1.165) is 56.4 Å². The lowest BCUT2D eigenvalue weighted by molar-refractivity contribution is -0.138. The average molecular weight is 624 g/mol. The molecular formula is C33H45N5O7. The number of rotatable bonds is 13. The standard InChI is InChI=1S/C33H45N5O7/c1-2-3-7-20-45-33(44)38-18-16-37(17-19-38)32(43)27(10-11-30(40)41)35-31(42)29-22-26(36-14-12-24(23-39)13-15-36)21-28(34-29)25-8-5-4-6-9-25/h4-6,8-9,21-22,24,27,39H,2-3,7,10-20,23H2,1H3,(H,35,42)(H,40,41)/t27-/m0/s1. The summed E-state index contributed by atoms with van der Waals surface area (Å²) in [6.07, 6.45) is 3.68. The molecule has 2 fully saturated rings. The van der Waals surface area contributed by atoms with E-state index in [1.807, 2.05) is 36.4 Å². The molecule has 0 spiro atoms. The molecule has 45 heavy (non-hydrogen) atoms. The Bertz CT molecular complexity index is 1290. The Balaban J connectivity index is 1.48. The Morgan fingerprint density at radius 2 is 1.67 bits per heavy atom. The number of carboxylic acid groups (broad SMARTS) is 1. The van der Waals surface area contributed by atoms with Crippen molar-refractivity contribution in [3.05, 3.63) is 48.2 Å². The number of piperazine rings is 1. The number of hydrogen-bond donors (Lipinski definition) is 3. The Morgan fingerprint density at radius 3 is 2.31 bits per heavy atom. The van der Waals surface area contributed by atoms with Crippen LogP contribution in [0.1, 0.15) is 62.4 Å². The van der Waals surface area contributed by atoms with Crippen molar-refractivity contribution in [2.24, 2.45) is 5.92 Å². The molecule has 4 rings (SSSR count). The van der Waals surface area contributed by atoms with Gasteiger partial charge in [-0.05, 0) is 43.7 Å². The number of aromatic nitrogens is 1. The van der Waals surface area contributed by atoms with E-state index >= 15 is 0 Å². The van der Waals surface area contributed by atoms with Gasteiger partial charge in [0.25, 0.3) is 5.91 Å². The second-order valence-electron chi connectivity index (χ2n) is 11.7. The zero-order chi connectivity index (χ0) is 32.2. The van der Waals surface area contributed by atoms with Gasteiger partial charge in [-0.25, -0.2) is 9.78 Å². The SMILES string of the molecule is CCCCCOC(=O)N1CCN(C(=O)[C@H](CCC(=O)O)NC(=O)c2cc(N3CCC(CO)CC3)cc(-c3ccccc3)n2)CC1. The second-order valence-corrected chi connectivity index (χ2v) is 11.7. The molecule has 244 valence electrons. The molecule has 0 aliphatic carbocycles. The van der Waals surface area contributed by atoms with Gasteiger partial charge in [-0.3, -0.25) is 14.4 Å². The van der Waals surface area contributed by atoms with Gasteiger partial charge in [0.15, 0.2) is 0 Å². The highest BCUT2D eigenvalue weighted by Gasteiger charge is 2.31. The first-order chi connectivity index (χ1) is 21.8. The van der Waals surface area contributed by atoms with Crippen molar-refractivity contribution >= 4 is 29.6 Å². The third-order valence-corrected chi connectivity index (χ3v) is 8.42. The third kappa shape index (κ3) is 9.65. The summed E-state index contributed by atoms with van der Waals surface area (Å²) in [4.78, 5) is 61.0. The van der Waals surface area contributed by atoms with Crippen LogP contribution in [0.15, 0.2) is 42.5 Å². The summed E-state index contributed by atoms with van der Waals surface area (Å²) in [5, 5.41) is 21.7. The first-order valence-electron chi connectivity index (χ1n) is 16.0. The zero-order valence-electron chi connectivity index (χ0n) is 26.0. The fourth-order valence-corrected chi connectivity index (χ4v) is 5.64. The highest BCUT2D eigenvalue weighted by molar-refractivity contribution is 5.97. The number of hydrogen-bond acceptors (Lipinski definition) is 8. The fourth-order valence-electron chi connectivity index (χ4n) is 5.64. The first-order valence-corrected chi connectivity index (χ1v) is 16.0. The Hall–Kier alpha value is -4.19. The molecule has 1 atom stereocenters. The Kier molecular flexibility index (Phi) is 12.6. The van der Waals surface area contributed by atoms with Crippen LogP contribution in [0.5, 0.6) is 0 Å². The highest BCUT2D eigenvalue weighted by Crippen LogP contribution is 2.28. The number of anilines is 1. The molecule has 1 aromatic carbocycles. The smallest absolute Gasteiger partial charge is 0.409 e. The van der Waals surface area contributed by atoms with E-state index in [0.29, 0.717) is 12.3 Å². The molecule has 0 unspecified atom stereocenters. The molecule has 2 aliphatic heterocycles. The molecule has 3 N–H and O–H groups in total. The van der Waals surface area contributed by atoms with Crippen molar-refractivity contribution in [3.8, 4) is 11.3 Å². The maximum absolute atomic E-state index is 13.7. The molecule has 12 nitrogen and oxygen atoms in total. The fraction of sp³-hybridized carbons (Fsp3) is 0.545. The van der Waals surface area contributed by atoms with Crippen LogP contribution >= 0.6 is 0 Å². The van der Waals surface area contributed by atoms with Crippen LogP contribution in [0, 0.1) is 5.92 Å². The number of carbonyl (C=O) groups is 4. The number of nitrogens with one attached hydrogen (secondary N) is 1. The van der Waals surface area contributed by atoms with E-state index in [1.54, 1.807) is 15.9 Å². The number of benzene rings is 1. The number of unbranched alkanes of at least 4 members (excludes halogenated alkanes) is 2. The van der Waals surface area contributed by atoms with Gasteiger partial charge in [-0.2, -0.15) is 0 Å². The normalized spacial score (nSPS) is 16.3. The number of carboxylic acids is 1. The number of amides is 3. The van der Waals surface area contributed by atoms with Crippen LogP contribution in [-0.2, 0) is 14.3 Å². The van der Waals surface area contributed by atoms with Crippen molar-refractivity contribution in [2.75, 3.05) is 57.4 Å². The number of pyridine rings is 1. The van der Waals surface area contributed by atoms with Gasteiger partial charge in [0.1, 0.15) is 11.7 Å². The van der Waals surface area contributed by atoms with Crippen molar-refractivity contribution in [3.63, 3.8) is 0 Å². The lowest BCUT2D eigenvalue weighted by Gasteiger charge is -2.36. The molecular weight excluding hydrogens is 578 g/mol. The van der Waals surface area contributed by atoms with Crippen LogP contribution < -0.4 is 10.2 Å². The van der Waals surface area contributed by atoms with E-state index in [2.05, 4.69) is 22.1 Å². The molecule has 1 aromatic heterocycles. The van der Waals surface area contributed by atoms with Crippen molar-refractivity contribution in [1.82, 2.24) is 20.1 Å². The average Bonchev–Trinajstić information content (AvgIpc) is 3.08. The molecule has 3 heterocycles. The zero-order valence-corrected chi connectivity index (χ0v) is 26.0. The van der Waals surface area contributed by atoms with Crippen LogP contribution in [0.4, 0.5) is 10.5 Å². The monoisotopic (exact) mass is 623 g/mol. The van der Waals surface area contributed by atoms with Gasteiger partial charge in [0.2, 0.25) is 5.91 Å². The van der Waals surface area contributed by atoms with Crippen LogP contribution in [-0.4, -0.2) is 107 Å². The summed E-state index contributed by atoms with van der Waals surface area (Å²) in [6, 6.07) is 12.1. The number of nitrogens with zero attached hydrogens (tertiary/aromatic N) is 4. The minimum atomic E-state index is -1.08. The number of aliphatic carboxylic acids is 1. The van der Waals surface area contributed by atoms with Gasteiger partial charge >= 0.3 is 12.1 Å². The maximum Gasteiger partial charge on any atom is 0.409 e. The number of carbonyl (C=O) groups excluding carboxylic acids is 3. The lowest BCUT2D eigenvalue weighted by atomic mass is 9.97. The molecule has 0 bridgehead atoms. The largest absolute Gasteiger partial charge is 0.481 e. The Morgan fingerprint density at radius 1 is 0.978 bits per heavy atom. The molecule has 0 radical (unpaired) electrons. The minimum absolute atomic E-state index is 0.0838. The van der Waals surface area contributed by atoms with Crippen molar-refractivity contribution < 1.29 is 34.1 Å². The lowest BCUT2D eigenvalue weighted by Crippen LogP contribution is -2.56. The molecule has 2 aliphatic rings. The summed E-state index contributed by atoms with van der Waals surface area (Å²) in [6.45, 7) is 5.10. The van der Waals surface area contributed by atoms with Crippen LogP contribution in [0.3, 0.4) is 0 Å². The molecule has 2 saturated heterocycles. The number of aliphatic hydroxyl groups is 1. The topological polar surface area (TPSA) is 153 Å². The molecule has 2 aromatic rings. The third-order valence-electron chi connectivity index (χ3n) is 8.42. The van der Waals surface area contributed by atoms with Crippen LogP contribution in [0.25, 0.3) is 11.3 Å².